The summed E-state index contributed by atoms with van der Waals surface area (Å²) in [4.78, 5) is 4.38. The van der Waals surface area contributed by atoms with E-state index >= 15 is 0 Å². The third-order valence-corrected chi connectivity index (χ3v) is 3.19. The summed E-state index contributed by atoms with van der Waals surface area (Å²) < 4.78 is 0. The zero-order valence-electron chi connectivity index (χ0n) is 8.22. The minimum Gasteiger partial charge on any atom is -0.343 e. The maximum atomic E-state index is 6.12. The molecule has 0 aromatic heterocycles. The molecular formula is C10H11Cl2N3. The molecule has 2 rings (SSSR count). The van der Waals surface area contributed by atoms with Crippen LogP contribution in [0.25, 0.3) is 0 Å². The van der Waals surface area contributed by atoms with Gasteiger partial charge >= 0.3 is 0 Å². The number of nitrogens with two attached hydrogens (primary N) is 1. The summed E-state index contributed by atoms with van der Waals surface area (Å²) in [5.74, 6) is 0.772. The lowest BCUT2D eigenvalue weighted by Gasteiger charge is -2.23. The van der Waals surface area contributed by atoms with Crippen LogP contribution in [0.5, 0.6) is 0 Å². The van der Waals surface area contributed by atoms with Gasteiger partial charge in [-0.05, 0) is 19.1 Å². The van der Waals surface area contributed by atoms with Crippen molar-refractivity contribution >= 4 is 34.7 Å². The highest BCUT2D eigenvalue weighted by Gasteiger charge is 2.21. The normalized spacial score (nSPS) is 19.2. The molecule has 0 bridgehead atoms. The Bertz CT molecular complexity index is 429. The van der Waals surface area contributed by atoms with E-state index in [9.17, 15) is 0 Å². The highest BCUT2D eigenvalue weighted by atomic mass is 35.5. The van der Waals surface area contributed by atoms with Crippen LogP contribution in [-0.2, 0) is 0 Å². The third kappa shape index (κ3) is 1.83. The summed E-state index contributed by atoms with van der Waals surface area (Å²) in [7, 11) is 0. The van der Waals surface area contributed by atoms with Crippen molar-refractivity contribution in [3.8, 4) is 0 Å². The Labute approximate surface area is 98.3 Å². The van der Waals surface area contributed by atoms with Gasteiger partial charge in [-0.25, -0.2) is 0 Å². The second kappa shape index (κ2) is 4.00. The average molecular weight is 244 g/mol. The number of amidine groups is 1. The van der Waals surface area contributed by atoms with Gasteiger partial charge in [0.25, 0.3) is 0 Å². The van der Waals surface area contributed by atoms with Crippen molar-refractivity contribution < 1.29 is 0 Å². The number of hydrogen-bond donors (Lipinski definition) is 2. The highest BCUT2D eigenvalue weighted by molar-refractivity contribution is 6.43. The van der Waals surface area contributed by atoms with Crippen LogP contribution in [0.1, 0.15) is 18.5 Å². The molecule has 0 radical (unpaired) electrons. The van der Waals surface area contributed by atoms with Crippen molar-refractivity contribution in [1.82, 2.24) is 0 Å². The van der Waals surface area contributed by atoms with Gasteiger partial charge in [-0.15, -0.1) is 0 Å². The largest absolute Gasteiger partial charge is 0.343 e. The fourth-order valence-corrected chi connectivity index (χ4v) is 2.16. The Morgan fingerprint density at radius 1 is 1.47 bits per heavy atom. The zero-order valence-corrected chi connectivity index (χ0v) is 9.73. The molecule has 1 aromatic carbocycles. The quantitative estimate of drug-likeness (QED) is 0.798. The first-order valence-electron chi connectivity index (χ1n) is 4.65. The number of nitrogens with zero attached hydrogens (tertiary/aromatic N) is 1. The molecule has 0 saturated carbocycles. The first kappa shape index (κ1) is 10.7. The lowest BCUT2D eigenvalue weighted by molar-refractivity contribution is 0.808. The zero-order chi connectivity index (χ0) is 11.0. The lowest BCUT2D eigenvalue weighted by Crippen LogP contribution is -2.27. The summed E-state index contributed by atoms with van der Waals surface area (Å²) in [5, 5.41) is 4.24. The van der Waals surface area contributed by atoms with Crippen molar-refractivity contribution in [1.29, 1.82) is 0 Å². The predicted molar refractivity (Wildman–Crippen MR) is 65.0 cm³/mol. The molecular weight excluding hydrogens is 233 g/mol. The Morgan fingerprint density at radius 2 is 2.20 bits per heavy atom. The van der Waals surface area contributed by atoms with Gasteiger partial charge in [-0.3, -0.25) is 4.99 Å². The molecule has 80 valence electrons. The molecule has 1 unspecified atom stereocenters. The van der Waals surface area contributed by atoms with Crippen LogP contribution >= 0.6 is 23.2 Å². The molecule has 3 N–H and O–H groups in total. The topological polar surface area (TPSA) is 50.4 Å². The second-order valence-electron chi connectivity index (χ2n) is 3.40. The van der Waals surface area contributed by atoms with Gasteiger partial charge in [0.2, 0.25) is 0 Å². The maximum Gasteiger partial charge on any atom is 0.115 e. The number of aliphatic imine (C=N–C) groups is 1. The Morgan fingerprint density at radius 3 is 2.87 bits per heavy atom. The molecule has 0 aliphatic carbocycles. The van der Waals surface area contributed by atoms with Crippen LogP contribution in [0.2, 0.25) is 10.0 Å². The van der Waals surface area contributed by atoms with Crippen molar-refractivity contribution in [3.05, 3.63) is 27.7 Å². The molecule has 0 amide bonds. The SMILES string of the molecule is CC1N=C(CN)Nc2ccc(Cl)c(Cl)c21. The summed E-state index contributed by atoms with van der Waals surface area (Å²) in [6.07, 6.45) is 0. The van der Waals surface area contributed by atoms with E-state index in [1.807, 2.05) is 13.0 Å². The molecule has 0 saturated heterocycles. The summed E-state index contributed by atoms with van der Waals surface area (Å²) in [6, 6.07) is 3.65. The number of halogens is 2. The van der Waals surface area contributed by atoms with Crippen LogP contribution in [0.3, 0.4) is 0 Å². The standard InChI is InChI=1S/C10H11Cl2N3/c1-5-9-7(15-8(4-13)14-5)3-2-6(11)10(9)12/h2-3,5H,4,13H2,1H3,(H,14,15). The number of hydrogen-bond acceptors (Lipinski definition) is 3. The van der Waals surface area contributed by atoms with Crippen LogP contribution in [-0.4, -0.2) is 12.4 Å². The molecule has 0 fully saturated rings. The van der Waals surface area contributed by atoms with Gasteiger partial charge in [-0.2, -0.15) is 0 Å². The van der Waals surface area contributed by atoms with E-state index in [0.29, 0.717) is 16.6 Å². The molecule has 1 aliphatic heterocycles. The summed E-state index contributed by atoms with van der Waals surface area (Å²) in [5.41, 5.74) is 7.41. The van der Waals surface area contributed by atoms with Gasteiger partial charge in [0.1, 0.15) is 5.84 Å². The van der Waals surface area contributed by atoms with E-state index in [-0.39, 0.29) is 6.04 Å². The summed E-state index contributed by atoms with van der Waals surface area (Å²) >= 11 is 12.1. The van der Waals surface area contributed by atoms with Crippen LogP contribution in [0.4, 0.5) is 5.69 Å². The first-order chi connectivity index (χ1) is 7.13. The van der Waals surface area contributed by atoms with Crippen LogP contribution in [0, 0.1) is 0 Å². The molecule has 3 nitrogen and oxygen atoms in total. The van der Waals surface area contributed by atoms with Crippen molar-refractivity contribution in [3.63, 3.8) is 0 Å². The number of benzene rings is 1. The van der Waals surface area contributed by atoms with Crippen molar-refractivity contribution in [2.45, 2.75) is 13.0 Å². The minimum absolute atomic E-state index is 0.00833. The van der Waals surface area contributed by atoms with E-state index in [1.165, 1.54) is 0 Å². The molecule has 1 aliphatic rings. The fourth-order valence-electron chi connectivity index (χ4n) is 1.67. The molecule has 1 heterocycles. The Balaban J connectivity index is 2.52. The second-order valence-corrected chi connectivity index (χ2v) is 4.19. The lowest BCUT2D eigenvalue weighted by atomic mass is 10.0. The van der Waals surface area contributed by atoms with Gasteiger partial charge in [0.05, 0.1) is 22.6 Å². The molecule has 1 atom stereocenters. The van der Waals surface area contributed by atoms with Crippen molar-refractivity contribution in [2.75, 3.05) is 11.9 Å². The fraction of sp³-hybridized carbons (Fsp3) is 0.300. The molecule has 5 heteroatoms. The van der Waals surface area contributed by atoms with E-state index in [2.05, 4.69) is 10.3 Å². The minimum atomic E-state index is -0.00833. The summed E-state index contributed by atoms with van der Waals surface area (Å²) in [6.45, 7) is 2.36. The van der Waals surface area contributed by atoms with Gasteiger partial charge in [-0.1, -0.05) is 23.2 Å². The molecule has 15 heavy (non-hydrogen) atoms. The van der Waals surface area contributed by atoms with E-state index < -0.39 is 0 Å². The predicted octanol–water partition coefficient (Wildman–Crippen LogP) is 2.84. The average Bonchev–Trinajstić information content (AvgIpc) is 2.23. The Kier molecular flexibility index (Phi) is 2.87. The van der Waals surface area contributed by atoms with Crippen molar-refractivity contribution in [2.24, 2.45) is 10.7 Å². The maximum absolute atomic E-state index is 6.12. The van der Waals surface area contributed by atoms with E-state index in [1.54, 1.807) is 6.07 Å². The molecule has 1 aromatic rings. The smallest absolute Gasteiger partial charge is 0.115 e. The number of anilines is 1. The number of fused-ring (bicyclic) bond motifs is 1. The van der Waals surface area contributed by atoms with Crippen LogP contribution < -0.4 is 11.1 Å². The third-order valence-electron chi connectivity index (χ3n) is 2.37. The Hall–Kier alpha value is -0.770. The number of rotatable bonds is 1. The van der Waals surface area contributed by atoms with E-state index in [4.69, 9.17) is 28.9 Å². The molecule has 0 spiro atoms. The van der Waals surface area contributed by atoms with Crippen LogP contribution in [0.15, 0.2) is 17.1 Å². The monoisotopic (exact) mass is 243 g/mol. The van der Waals surface area contributed by atoms with Gasteiger partial charge in [0.15, 0.2) is 0 Å². The van der Waals surface area contributed by atoms with Gasteiger partial charge < -0.3 is 11.1 Å². The first-order valence-corrected chi connectivity index (χ1v) is 5.40. The van der Waals surface area contributed by atoms with E-state index in [0.717, 1.165) is 17.1 Å². The van der Waals surface area contributed by atoms with Gasteiger partial charge in [0, 0.05) is 11.3 Å². The highest BCUT2D eigenvalue weighted by Crippen LogP contribution is 2.39. The number of nitrogens with one attached hydrogen (secondary N) is 1.